The first-order valence-corrected chi connectivity index (χ1v) is 11.2. The Morgan fingerprint density at radius 3 is 2.74 bits per heavy atom. The predicted molar refractivity (Wildman–Crippen MR) is 120 cm³/mol. The second-order valence-corrected chi connectivity index (χ2v) is 8.98. The lowest BCUT2D eigenvalue weighted by Gasteiger charge is -2.32. The molecule has 6 heteroatoms. The molecule has 2 fully saturated rings. The summed E-state index contributed by atoms with van der Waals surface area (Å²) in [6.45, 7) is 2.77. The number of aromatic amines is 1. The highest BCUT2D eigenvalue weighted by Gasteiger charge is 2.27. The number of carboxylic acids is 1. The molecule has 0 unspecified atom stereocenters. The molecule has 31 heavy (non-hydrogen) atoms. The molecule has 0 radical (unpaired) electrons. The van der Waals surface area contributed by atoms with Crippen LogP contribution >= 0.6 is 0 Å². The first-order chi connectivity index (χ1) is 15.1. The van der Waals surface area contributed by atoms with Crippen LogP contribution in [0, 0.1) is 5.92 Å². The fraction of sp³-hybridized carbons (Fsp3) is 0.440. The highest BCUT2D eigenvalue weighted by atomic mass is 16.5. The Kier molecular flexibility index (Phi) is 5.40. The van der Waals surface area contributed by atoms with Gasteiger partial charge >= 0.3 is 5.97 Å². The van der Waals surface area contributed by atoms with Crippen molar-refractivity contribution >= 4 is 17.0 Å². The lowest BCUT2D eigenvalue weighted by Crippen LogP contribution is -2.32. The number of ether oxygens (including phenoxy) is 1. The van der Waals surface area contributed by atoms with E-state index in [4.69, 9.17) is 4.74 Å². The van der Waals surface area contributed by atoms with Crippen molar-refractivity contribution in [1.82, 2.24) is 14.9 Å². The number of carboxylic acid groups (broad SMARTS) is 1. The zero-order chi connectivity index (χ0) is 21.4. The third-order valence-corrected chi connectivity index (χ3v) is 6.82. The summed E-state index contributed by atoms with van der Waals surface area (Å²) in [4.78, 5) is 21.9. The Labute approximate surface area is 182 Å². The van der Waals surface area contributed by atoms with Crippen molar-refractivity contribution in [3.05, 3.63) is 58.9 Å². The van der Waals surface area contributed by atoms with Crippen LogP contribution in [0.1, 0.15) is 58.6 Å². The third-order valence-electron chi connectivity index (χ3n) is 6.82. The fourth-order valence-electron chi connectivity index (χ4n) is 4.96. The summed E-state index contributed by atoms with van der Waals surface area (Å²) in [5.74, 6) is 0.852. The highest BCUT2D eigenvalue weighted by molar-refractivity contribution is 5.91. The third kappa shape index (κ3) is 4.17. The number of piperidine rings is 1. The molecule has 6 nitrogen and oxygen atoms in total. The zero-order valence-electron chi connectivity index (χ0n) is 17.9. The number of rotatable bonds is 7. The van der Waals surface area contributed by atoms with Crippen LogP contribution < -0.4 is 4.74 Å². The van der Waals surface area contributed by atoms with Gasteiger partial charge < -0.3 is 14.8 Å². The van der Waals surface area contributed by atoms with E-state index in [2.05, 4.69) is 27.1 Å². The monoisotopic (exact) mass is 419 g/mol. The van der Waals surface area contributed by atoms with Gasteiger partial charge in [0.05, 0.1) is 7.11 Å². The number of aromatic nitrogens is 2. The summed E-state index contributed by atoms with van der Waals surface area (Å²) in [5, 5.41) is 10.8. The van der Waals surface area contributed by atoms with Gasteiger partial charge in [0.25, 0.3) is 0 Å². The Hall–Kier alpha value is -2.86. The summed E-state index contributed by atoms with van der Waals surface area (Å²) in [6, 6.07) is 7.66. The summed E-state index contributed by atoms with van der Waals surface area (Å²) in [7, 11) is 1.50. The average Bonchev–Trinajstić information content (AvgIpc) is 3.49. The normalized spacial score (nSPS) is 17.8. The number of methoxy groups -OCH3 is 1. The number of hydrogen-bond acceptors (Lipinski definition) is 4. The van der Waals surface area contributed by atoms with Crippen LogP contribution in [-0.2, 0) is 13.0 Å². The number of aromatic carboxylic acids is 1. The number of pyridine rings is 1. The van der Waals surface area contributed by atoms with Gasteiger partial charge in [0.1, 0.15) is 17.0 Å². The molecule has 3 aromatic rings. The molecule has 1 aliphatic heterocycles. The Morgan fingerprint density at radius 1 is 1.23 bits per heavy atom. The Bertz CT molecular complexity index is 1090. The van der Waals surface area contributed by atoms with E-state index in [9.17, 15) is 9.90 Å². The van der Waals surface area contributed by atoms with Crippen LogP contribution in [-0.4, -0.2) is 46.1 Å². The molecule has 1 saturated carbocycles. The van der Waals surface area contributed by atoms with Crippen molar-refractivity contribution in [3.8, 4) is 5.75 Å². The smallest absolute Gasteiger partial charge is 0.339 e. The molecule has 2 N–H and O–H groups in total. The number of hydrogen-bond donors (Lipinski definition) is 2. The maximum Gasteiger partial charge on any atom is 0.339 e. The van der Waals surface area contributed by atoms with Crippen LogP contribution in [0.3, 0.4) is 0 Å². The van der Waals surface area contributed by atoms with Crippen molar-refractivity contribution in [2.24, 2.45) is 5.92 Å². The van der Waals surface area contributed by atoms with Crippen molar-refractivity contribution < 1.29 is 14.6 Å². The van der Waals surface area contributed by atoms with Gasteiger partial charge in [0, 0.05) is 24.3 Å². The number of likely N-dealkylation sites (tertiary alicyclic amines) is 1. The average molecular weight is 420 g/mol. The predicted octanol–water partition coefficient (Wildman–Crippen LogP) is 4.60. The highest BCUT2D eigenvalue weighted by Crippen LogP contribution is 2.38. The first-order valence-electron chi connectivity index (χ1n) is 11.2. The largest absolute Gasteiger partial charge is 0.496 e. The summed E-state index contributed by atoms with van der Waals surface area (Å²) in [5.41, 5.74) is 5.14. The van der Waals surface area contributed by atoms with E-state index in [1.54, 1.807) is 12.1 Å². The number of H-pyrrole nitrogens is 1. The van der Waals surface area contributed by atoms with Crippen LogP contribution in [0.5, 0.6) is 5.75 Å². The van der Waals surface area contributed by atoms with Crippen LogP contribution in [0.2, 0.25) is 0 Å². The van der Waals surface area contributed by atoms with E-state index in [1.165, 1.54) is 42.9 Å². The molecule has 5 rings (SSSR count). The molecule has 0 amide bonds. The van der Waals surface area contributed by atoms with Crippen LogP contribution in [0.15, 0.2) is 36.7 Å². The molecular weight excluding hydrogens is 390 g/mol. The first kappa shape index (κ1) is 20.1. The van der Waals surface area contributed by atoms with Gasteiger partial charge in [-0.25, -0.2) is 9.78 Å². The minimum absolute atomic E-state index is 0.226. The van der Waals surface area contributed by atoms with E-state index >= 15 is 0 Å². The van der Waals surface area contributed by atoms with Gasteiger partial charge in [-0.2, -0.15) is 0 Å². The molecule has 1 saturated heterocycles. The number of fused-ring (bicyclic) bond motifs is 1. The number of nitrogens with zero attached hydrogens (tertiary/aromatic N) is 2. The van der Waals surface area contributed by atoms with E-state index < -0.39 is 5.97 Å². The standard InChI is InChI=1S/C25H29N3O3/c1-31-22-5-4-17(13-20(22)25(29)30)15-28-10-7-18(8-11-28)21-14-27-24-23(21)19(6-9-26-24)12-16-2-3-16/h4-6,9,13-14,16,18H,2-3,7-8,10-12,15H2,1H3,(H,26,27)(H,29,30). The molecule has 2 aromatic heterocycles. The minimum atomic E-state index is -0.952. The van der Waals surface area contributed by atoms with Gasteiger partial charge in [-0.15, -0.1) is 0 Å². The van der Waals surface area contributed by atoms with Crippen molar-refractivity contribution in [2.45, 2.75) is 44.6 Å². The summed E-state index contributed by atoms with van der Waals surface area (Å²) in [6.07, 6.45) is 10.2. The maximum absolute atomic E-state index is 11.5. The van der Waals surface area contributed by atoms with E-state index in [0.29, 0.717) is 11.7 Å². The van der Waals surface area contributed by atoms with Gasteiger partial charge in [0.15, 0.2) is 0 Å². The zero-order valence-corrected chi connectivity index (χ0v) is 17.9. The van der Waals surface area contributed by atoms with Gasteiger partial charge in [-0.1, -0.05) is 6.07 Å². The SMILES string of the molecule is COc1ccc(CN2CCC(c3c[nH]c4nccc(CC5CC5)c34)CC2)cc1C(=O)O. The van der Waals surface area contributed by atoms with E-state index in [0.717, 1.165) is 49.6 Å². The van der Waals surface area contributed by atoms with Gasteiger partial charge in [-0.05, 0) is 91.9 Å². The van der Waals surface area contributed by atoms with E-state index in [1.807, 2.05) is 12.3 Å². The van der Waals surface area contributed by atoms with Crippen molar-refractivity contribution in [2.75, 3.05) is 20.2 Å². The fourth-order valence-corrected chi connectivity index (χ4v) is 4.96. The van der Waals surface area contributed by atoms with E-state index in [-0.39, 0.29) is 5.56 Å². The second-order valence-electron chi connectivity index (χ2n) is 8.98. The molecule has 0 spiro atoms. The minimum Gasteiger partial charge on any atom is -0.496 e. The second kappa shape index (κ2) is 8.35. The molecule has 1 aromatic carbocycles. The quantitative estimate of drug-likeness (QED) is 0.585. The van der Waals surface area contributed by atoms with Crippen LogP contribution in [0.4, 0.5) is 0 Å². The van der Waals surface area contributed by atoms with Crippen LogP contribution in [0.25, 0.3) is 11.0 Å². The Balaban J connectivity index is 1.28. The molecule has 162 valence electrons. The number of carbonyl (C=O) groups is 1. The molecule has 3 heterocycles. The Morgan fingerprint density at radius 2 is 2.03 bits per heavy atom. The van der Waals surface area contributed by atoms with Crippen molar-refractivity contribution in [3.63, 3.8) is 0 Å². The molecule has 0 atom stereocenters. The van der Waals surface area contributed by atoms with Gasteiger partial charge in [0.2, 0.25) is 0 Å². The maximum atomic E-state index is 11.5. The van der Waals surface area contributed by atoms with Gasteiger partial charge in [-0.3, -0.25) is 4.90 Å². The molecule has 0 bridgehead atoms. The lowest BCUT2D eigenvalue weighted by atomic mass is 9.87. The number of nitrogens with one attached hydrogen (secondary N) is 1. The summed E-state index contributed by atoms with van der Waals surface area (Å²) >= 11 is 0. The lowest BCUT2D eigenvalue weighted by molar-refractivity contribution is 0.0693. The topological polar surface area (TPSA) is 78.5 Å². The summed E-state index contributed by atoms with van der Waals surface area (Å²) < 4.78 is 5.18. The molecule has 2 aliphatic rings. The number of benzene rings is 1. The van der Waals surface area contributed by atoms with Crippen molar-refractivity contribution in [1.29, 1.82) is 0 Å². The molecule has 1 aliphatic carbocycles. The molecular formula is C25H29N3O3.